The number of para-hydroxylation sites is 2. The highest BCUT2D eigenvalue weighted by molar-refractivity contribution is 6.11. The summed E-state index contributed by atoms with van der Waals surface area (Å²) < 4.78 is 8.42. The van der Waals surface area contributed by atoms with Crippen molar-refractivity contribution in [1.29, 1.82) is 0 Å². The Morgan fingerprint density at radius 1 is 0.649 bits per heavy atom. The Balaban J connectivity index is 1.18. The number of rotatable bonds is 11. The molecule has 8 rings (SSSR count). The molecule has 0 saturated heterocycles. The topological polar surface area (TPSA) is 17.4 Å². The molecule has 0 N–H and O–H groups in total. The van der Waals surface area contributed by atoms with Gasteiger partial charge >= 0.3 is 0 Å². The highest BCUT2D eigenvalue weighted by Gasteiger charge is 2.27. The monoisotopic (exact) mass is 748 g/mol. The van der Waals surface area contributed by atoms with Gasteiger partial charge in [0.15, 0.2) is 0 Å². The fourth-order valence-electron chi connectivity index (χ4n) is 8.70. The largest absolute Gasteiger partial charge is 0.491 e. The molecule has 0 aliphatic heterocycles. The van der Waals surface area contributed by atoms with Crippen LogP contribution in [-0.2, 0) is 0 Å². The first-order valence-electron chi connectivity index (χ1n) is 20.8. The molecular weight excluding hydrogens is 693 g/mol. The van der Waals surface area contributed by atoms with Crippen LogP contribution in [0.4, 0.5) is 11.4 Å². The number of nitrogens with zero attached hydrogens (tertiary/aromatic N) is 2. The minimum absolute atomic E-state index is 0.128. The normalized spacial score (nSPS) is 15.0. The lowest BCUT2D eigenvalue weighted by Gasteiger charge is -2.33. The van der Waals surface area contributed by atoms with Crippen LogP contribution < -0.4 is 9.64 Å². The molecule has 6 aromatic carbocycles. The van der Waals surface area contributed by atoms with Crippen molar-refractivity contribution in [1.82, 2.24) is 4.57 Å². The second kappa shape index (κ2) is 16.0. The number of hydrogen-bond donors (Lipinski definition) is 0. The molecule has 2 atom stereocenters. The Bertz CT molecular complexity index is 2470. The Hall–Kier alpha value is -5.80. The van der Waals surface area contributed by atoms with Crippen LogP contribution in [0.25, 0.3) is 44.2 Å². The zero-order valence-electron chi connectivity index (χ0n) is 34.6. The Kier molecular flexibility index (Phi) is 10.7. The number of allylic oxidation sites excluding steroid dienone is 2. The van der Waals surface area contributed by atoms with Crippen molar-refractivity contribution in [2.24, 2.45) is 11.3 Å². The molecule has 0 bridgehead atoms. The number of ether oxygens (including phenoxy) is 1. The molecule has 0 saturated carbocycles. The van der Waals surface area contributed by atoms with Gasteiger partial charge in [-0.1, -0.05) is 126 Å². The summed E-state index contributed by atoms with van der Waals surface area (Å²) in [6, 6.07) is 53.6. The maximum Gasteiger partial charge on any atom is 0.119 e. The number of aromatic nitrogens is 1. The Morgan fingerprint density at radius 2 is 1.21 bits per heavy atom. The van der Waals surface area contributed by atoms with E-state index < -0.39 is 0 Å². The summed E-state index contributed by atoms with van der Waals surface area (Å²) in [6.45, 7) is 15.9. The molecule has 0 radical (unpaired) electrons. The Labute approximate surface area is 339 Å². The van der Waals surface area contributed by atoms with Crippen molar-refractivity contribution < 1.29 is 4.74 Å². The molecule has 0 amide bonds. The smallest absolute Gasteiger partial charge is 0.119 e. The number of benzene rings is 6. The average Bonchev–Trinajstić information content (AvgIpc) is 3.54. The van der Waals surface area contributed by atoms with Gasteiger partial charge in [0, 0.05) is 27.8 Å². The van der Waals surface area contributed by atoms with Crippen LogP contribution in [0.2, 0.25) is 0 Å². The fourth-order valence-corrected chi connectivity index (χ4v) is 8.70. The van der Waals surface area contributed by atoms with Gasteiger partial charge in [-0.05, 0) is 145 Å². The number of anilines is 2. The standard InChI is InChI=1S/C54H56N2O/c1-37(2)34-51(54(5,6)7)41-20-18-39(19-21-41)42-24-32-52-49(35-42)50-36-43(25-33-53(50)56(52)47-28-30-48(31-29-47)57-38(3)4)40-22-26-46(27-23-40)55(44-14-10-8-11-15-44)45-16-12-9-13-17-45/h8-26,28-33,35-38,46,51H,27,34H2,1-7H3. The number of fused-ring (bicyclic) bond motifs is 3. The van der Waals surface area contributed by atoms with Crippen LogP contribution in [0.3, 0.4) is 0 Å². The Morgan fingerprint density at radius 3 is 1.74 bits per heavy atom. The van der Waals surface area contributed by atoms with Crippen molar-refractivity contribution >= 4 is 38.8 Å². The first-order chi connectivity index (χ1) is 27.5. The van der Waals surface area contributed by atoms with Crippen molar-refractivity contribution in [3.63, 3.8) is 0 Å². The van der Waals surface area contributed by atoms with Crippen LogP contribution >= 0.6 is 0 Å². The first-order valence-corrected chi connectivity index (χ1v) is 20.8. The molecule has 0 spiro atoms. The summed E-state index contributed by atoms with van der Waals surface area (Å²) in [4.78, 5) is 2.44. The third kappa shape index (κ3) is 8.07. The average molecular weight is 749 g/mol. The second-order valence-electron chi connectivity index (χ2n) is 17.5. The van der Waals surface area contributed by atoms with Gasteiger partial charge < -0.3 is 14.2 Å². The van der Waals surface area contributed by atoms with Gasteiger partial charge in [0.1, 0.15) is 5.75 Å². The van der Waals surface area contributed by atoms with Crippen molar-refractivity contribution in [2.75, 3.05) is 4.90 Å². The van der Waals surface area contributed by atoms with E-state index in [4.69, 9.17) is 4.74 Å². The van der Waals surface area contributed by atoms with Crippen molar-refractivity contribution in [2.45, 2.75) is 79.4 Å². The van der Waals surface area contributed by atoms with Gasteiger partial charge in [-0.15, -0.1) is 0 Å². The quantitative estimate of drug-likeness (QED) is 0.131. The summed E-state index contributed by atoms with van der Waals surface area (Å²) in [7, 11) is 0. The molecule has 3 heteroatoms. The predicted octanol–water partition coefficient (Wildman–Crippen LogP) is 15.0. The van der Waals surface area contributed by atoms with Gasteiger partial charge in [0.2, 0.25) is 0 Å². The van der Waals surface area contributed by atoms with Crippen LogP contribution in [0.15, 0.2) is 164 Å². The molecule has 1 aliphatic rings. The van der Waals surface area contributed by atoms with Crippen molar-refractivity contribution in [3.8, 4) is 22.6 Å². The van der Waals surface area contributed by atoms with E-state index in [0.29, 0.717) is 11.8 Å². The molecule has 1 aliphatic carbocycles. The van der Waals surface area contributed by atoms with E-state index in [2.05, 4.69) is 222 Å². The zero-order valence-corrected chi connectivity index (χ0v) is 34.6. The summed E-state index contributed by atoms with van der Waals surface area (Å²) in [5.74, 6) is 2.05. The van der Waals surface area contributed by atoms with E-state index in [1.807, 2.05) is 0 Å². The van der Waals surface area contributed by atoms with E-state index >= 15 is 0 Å². The molecule has 0 fully saturated rings. The number of hydrogen-bond acceptors (Lipinski definition) is 2. The highest BCUT2D eigenvalue weighted by atomic mass is 16.5. The summed E-state index contributed by atoms with van der Waals surface area (Å²) >= 11 is 0. The van der Waals surface area contributed by atoms with E-state index in [-0.39, 0.29) is 17.6 Å². The third-order valence-electron chi connectivity index (χ3n) is 11.4. The molecule has 2 unspecified atom stereocenters. The van der Waals surface area contributed by atoms with Crippen LogP contribution in [0.1, 0.15) is 78.4 Å². The maximum atomic E-state index is 6.02. The lowest BCUT2D eigenvalue weighted by molar-refractivity contribution is 0.242. The van der Waals surface area contributed by atoms with Gasteiger partial charge in [-0.2, -0.15) is 0 Å². The lowest BCUT2D eigenvalue weighted by atomic mass is 9.72. The van der Waals surface area contributed by atoms with Gasteiger partial charge in [0.25, 0.3) is 0 Å². The molecule has 288 valence electrons. The minimum atomic E-state index is 0.128. The highest BCUT2D eigenvalue weighted by Crippen LogP contribution is 2.42. The van der Waals surface area contributed by atoms with Crippen LogP contribution in [0.5, 0.6) is 5.75 Å². The predicted molar refractivity (Wildman–Crippen MR) is 244 cm³/mol. The lowest BCUT2D eigenvalue weighted by Crippen LogP contribution is -2.30. The molecule has 7 aromatic rings. The molecule has 57 heavy (non-hydrogen) atoms. The summed E-state index contributed by atoms with van der Waals surface area (Å²) in [5, 5.41) is 2.50. The SMILES string of the molecule is CC(C)CC(c1ccc(-c2ccc3c(c2)c2cc(C4=CCC(N(c5ccccc5)c5ccccc5)C=C4)ccc2n3-c2ccc(OC(C)C)cc2)cc1)C(C)(C)C. The van der Waals surface area contributed by atoms with E-state index in [0.717, 1.165) is 17.9 Å². The van der Waals surface area contributed by atoms with Gasteiger partial charge in [-0.25, -0.2) is 0 Å². The van der Waals surface area contributed by atoms with Gasteiger partial charge in [0.05, 0.1) is 23.2 Å². The van der Waals surface area contributed by atoms with E-state index in [1.165, 1.54) is 67.4 Å². The van der Waals surface area contributed by atoms with Crippen molar-refractivity contribution in [3.05, 3.63) is 175 Å². The fraction of sp³-hybridized carbons (Fsp3) is 0.259. The minimum Gasteiger partial charge on any atom is -0.491 e. The van der Waals surface area contributed by atoms with Gasteiger partial charge in [-0.3, -0.25) is 0 Å². The zero-order chi connectivity index (χ0) is 39.7. The maximum absolute atomic E-state index is 6.02. The molecule has 3 nitrogen and oxygen atoms in total. The molecule has 1 heterocycles. The summed E-state index contributed by atoms with van der Waals surface area (Å²) in [6.07, 6.45) is 9.32. The van der Waals surface area contributed by atoms with Crippen LogP contribution in [0, 0.1) is 11.3 Å². The van der Waals surface area contributed by atoms with Crippen LogP contribution in [-0.4, -0.2) is 16.7 Å². The summed E-state index contributed by atoms with van der Waals surface area (Å²) in [5.41, 5.74) is 12.5. The molecule has 1 aromatic heterocycles. The first kappa shape index (κ1) is 38.1. The molecular formula is C54H56N2O. The van der Waals surface area contributed by atoms with E-state index in [9.17, 15) is 0 Å². The second-order valence-corrected chi connectivity index (χ2v) is 17.5. The third-order valence-corrected chi connectivity index (χ3v) is 11.4. The van der Waals surface area contributed by atoms with E-state index in [1.54, 1.807) is 0 Å².